The van der Waals surface area contributed by atoms with Crippen LogP contribution in [-0.2, 0) is 0 Å². The fourth-order valence-electron chi connectivity index (χ4n) is 2.18. The van der Waals surface area contributed by atoms with E-state index in [4.69, 9.17) is 4.74 Å². The van der Waals surface area contributed by atoms with Gasteiger partial charge in [-0.3, -0.25) is 4.98 Å². The third-order valence-electron chi connectivity index (χ3n) is 3.12. The van der Waals surface area contributed by atoms with Crippen LogP contribution in [0.1, 0.15) is 24.1 Å². The van der Waals surface area contributed by atoms with Crippen LogP contribution in [0.4, 0.5) is 8.78 Å². The van der Waals surface area contributed by atoms with E-state index in [9.17, 15) is 8.78 Å². The zero-order valence-electron chi connectivity index (χ0n) is 11.7. The number of pyridine rings is 1. The fourth-order valence-corrected chi connectivity index (χ4v) is 2.52. The van der Waals surface area contributed by atoms with Crippen molar-refractivity contribution in [1.29, 1.82) is 0 Å². The Hall–Kier alpha value is -1.53. The average Bonchev–Trinajstić information content (AvgIpc) is 2.50. The predicted molar refractivity (Wildman–Crippen MR) is 80.4 cm³/mol. The lowest BCUT2D eigenvalue weighted by molar-refractivity contribution is 0.399. The molecular weight excluding hydrogens is 342 g/mol. The SMILES string of the molecule is CCNC(c1ccncc1OC)c1c(F)ccc(Br)c1F. The van der Waals surface area contributed by atoms with Crippen molar-refractivity contribution in [2.75, 3.05) is 13.7 Å². The Balaban J connectivity index is 2.62. The van der Waals surface area contributed by atoms with Gasteiger partial charge in [0.15, 0.2) is 0 Å². The van der Waals surface area contributed by atoms with E-state index in [1.54, 1.807) is 12.3 Å². The molecule has 0 aliphatic rings. The molecule has 1 aromatic carbocycles. The number of ether oxygens (including phenoxy) is 1. The lowest BCUT2D eigenvalue weighted by atomic mass is 9.97. The maximum absolute atomic E-state index is 14.4. The molecule has 1 N–H and O–H groups in total. The zero-order chi connectivity index (χ0) is 15.4. The first-order valence-electron chi connectivity index (χ1n) is 6.44. The van der Waals surface area contributed by atoms with E-state index >= 15 is 0 Å². The number of hydrogen-bond donors (Lipinski definition) is 1. The highest BCUT2D eigenvalue weighted by molar-refractivity contribution is 9.10. The molecule has 0 radical (unpaired) electrons. The molecule has 0 saturated carbocycles. The summed E-state index contributed by atoms with van der Waals surface area (Å²) in [7, 11) is 1.50. The minimum Gasteiger partial charge on any atom is -0.495 e. The van der Waals surface area contributed by atoms with E-state index in [0.29, 0.717) is 17.9 Å². The Bertz CT molecular complexity index is 637. The van der Waals surface area contributed by atoms with E-state index in [1.165, 1.54) is 25.4 Å². The normalized spacial score (nSPS) is 12.2. The minimum atomic E-state index is -0.662. The van der Waals surface area contributed by atoms with Gasteiger partial charge in [0.1, 0.15) is 17.4 Å². The van der Waals surface area contributed by atoms with Crippen molar-refractivity contribution in [3.05, 3.63) is 57.8 Å². The van der Waals surface area contributed by atoms with Gasteiger partial charge in [0.25, 0.3) is 0 Å². The maximum Gasteiger partial charge on any atom is 0.145 e. The molecule has 0 amide bonds. The average molecular weight is 357 g/mol. The Morgan fingerprint density at radius 2 is 2.10 bits per heavy atom. The quantitative estimate of drug-likeness (QED) is 0.826. The van der Waals surface area contributed by atoms with Gasteiger partial charge in [0, 0.05) is 17.3 Å². The molecule has 0 aliphatic carbocycles. The Kier molecular flexibility index (Phi) is 5.25. The second kappa shape index (κ2) is 6.95. The number of nitrogens with one attached hydrogen (secondary N) is 1. The van der Waals surface area contributed by atoms with Gasteiger partial charge >= 0.3 is 0 Å². The number of aromatic nitrogens is 1. The van der Waals surface area contributed by atoms with Gasteiger partial charge in [-0.1, -0.05) is 6.92 Å². The van der Waals surface area contributed by atoms with Crippen LogP contribution in [0.2, 0.25) is 0 Å². The van der Waals surface area contributed by atoms with E-state index in [0.717, 1.165) is 0 Å². The molecule has 0 bridgehead atoms. The molecule has 2 aromatic rings. The molecule has 3 nitrogen and oxygen atoms in total. The standard InChI is InChI=1S/C15H15BrF2N2O/c1-3-20-15(9-6-7-19-8-12(9)21-2)13-11(17)5-4-10(16)14(13)18/h4-8,15,20H,3H2,1-2H3. The van der Waals surface area contributed by atoms with Gasteiger partial charge in [0.05, 0.1) is 23.8 Å². The number of rotatable bonds is 5. The van der Waals surface area contributed by atoms with Gasteiger partial charge in [-0.2, -0.15) is 0 Å². The zero-order valence-corrected chi connectivity index (χ0v) is 13.2. The summed E-state index contributed by atoms with van der Waals surface area (Å²) in [6.07, 6.45) is 3.09. The summed E-state index contributed by atoms with van der Waals surface area (Å²) in [6, 6.07) is 3.61. The summed E-state index contributed by atoms with van der Waals surface area (Å²) in [5, 5.41) is 3.09. The first-order valence-corrected chi connectivity index (χ1v) is 7.24. The largest absolute Gasteiger partial charge is 0.495 e. The monoisotopic (exact) mass is 356 g/mol. The Morgan fingerprint density at radius 3 is 2.76 bits per heavy atom. The number of hydrogen-bond acceptors (Lipinski definition) is 3. The highest BCUT2D eigenvalue weighted by atomic mass is 79.9. The van der Waals surface area contributed by atoms with Crippen molar-refractivity contribution in [2.45, 2.75) is 13.0 Å². The van der Waals surface area contributed by atoms with Crippen LogP contribution in [0, 0.1) is 11.6 Å². The second-order valence-electron chi connectivity index (χ2n) is 4.37. The van der Waals surface area contributed by atoms with Crippen LogP contribution in [-0.4, -0.2) is 18.6 Å². The van der Waals surface area contributed by atoms with Crippen LogP contribution in [0.3, 0.4) is 0 Å². The van der Waals surface area contributed by atoms with Crippen molar-refractivity contribution in [2.24, 2.45) is 0 Å². The molecule has 0 fully saturated rings. The molecular formula is C15H15BrF2N2O. The first-order chi connectivity index (χ1) is 10.1. The van der Waals surface area contributed by atoms with E-state index < -0.39 is 17.7 Å². The van der Waals surface area contributed by atoms with Crippen molar-refractivity contribution >= 4 is 15.9 Å². The van der Waals surface area contributed by atoms with Crippen LogP contribution in [0.5, 0.6) is 5.75 Å². The van der Waals surface area contributed by atoms with E-state index in [1.807, 2.05) is 6.92 Å². The van der Waals surface area contributed by atoms with Crippen LogP contribution in [0.15, 0.2) is 35.1 Å². The lowest BCUT2D eigenvalue weighted by Gasteiger charge is -2.22. The topological polar surface area (TPSA) is 34.2 Å². The highest BCUT2D eigenvalue weighted by Gasteiger charge is 2.25. The summed E-state index contributed by atoms with van der Waals surface area (Å²) in [6.45, 7) is 2.41. The van der Waals surface area contributed by atoms with E-state index in [-0.39, 0.29) is 10.0 Å². The van der Waals surface area contributed by atoms with Crippen molar-refractivity contribution in [3.8, 4) is 5.75 Å². The molecule has 1 atom stereocenters. The lowest BCUT2D eigenvalue weighted by Crippen LogP contribution is -2.25. The summed E-state index contributed by atoms with van der Waals surface area (Å²) >= 11 is 3.09. The Labute approximate surface area is 130 Å². The predicted octanol–water partition coefficient (Wildman–Crippen LogP) is 3.83. The molecule has 2 rings (SSSR count). The highest BCUT2D eigenvalue weighted by Crippen LogP contribution is 2.34. The third kappa shape index (κ3) is 3.22. The number of nitrogens with zero attached hydrogens (tertiary/aromatic N) is 1. The minimum absolute atomic E-state index is 0.0456. The van der Waals surface area contributed by atoms with Crippen molar-refractivity contribution in [1.82, 2.24) is 10.3 Å². The summed E-state index contributed by atoms with van der Waals surface area (Å²) in [4.78, 5) is 3.97. The number of methoxy groups -OCH3 is 1. The summed E-state index contributed by atoms with van der Waals surface area (Å²) in [5.41, 5.74) is 0.584. The van der Waals surface area contributed by atoms with Gasteiger partial charge < -0.3 is 10.1 Å². The molecule has 21 heavy (non-hydrogen) atoms. The molecule has 1 unspecified atom stereocenters. The van der Waals surface area contributed by atoms with Gasteiger partial charge in [-0.25, -0.2) is 8.78 Å². The number of halogens is 3. The molecule has 0 saturated heterocycles. The molecule has 0 spiro atoms. The van der Waals surface area contributed by atoms with E-state index in [2.05, 4.69) is 26.2 Å². The van der Waals surface area contributed by atoms with Crippen LogP contribution < -0.4 is 10.1 Å². The van der Waals surface area contributed by atoms with Crippen LogP contribution >= 0.6 is 15.9 Å². The summed E-state index contributed by atoms with van der Waals surface area (Å²) < 4.78 is 34.0. The van der Waals surface area contributed by atoms with Crippen molar-refractivity contribution in [3.63, 3.8) is 0 Å². The van der Waals surface area contributed by atoms with Crippen LogP contribution in [0.25, 0.3) is 0 Å². The number of benzene rings is 1. The molecule has 1 heterocycles. The molecule has 1 aromatic heterocycles. The molecule has 6 heteroatoms. The first kappa shape index (κ1) is 15.9. The molecule has 0 aliphatic heterocycles. The second-order valence-corrected chi connectivity index (χ2v) is 5.22. The summed E-state index contributed by atoms with van der Waals surface area (Å²) in [5.74, 6) is -0.762. The fraction of sp³-hybridized carbons (Fsp3) is 0.267. The smallest absolute Gasteiger partial charge is 0.145 e. The van der Waals surface area contributed by atoms with Gasteiger partial charge in [-0.05, 0) is 40.7 Å². The van der Waals surface area contributed by atoms with Gasteiger partial charge in [-0.15, -0.1) is 0 Å². The maximum atomic E-state index is 14.4. The Morgan fingerprint density at radius 1 is 1.33 bits per heavy atom. The molecule has 112 valence electrons. The third-order valence-corrected chi connectivity index (χ3v) is 3.74. The van der Waals surface area contributed by atoms with Crippen molar-refractivity contribution < 1.29 is 13.5 Å². The van der Waals surface area contributed by atoms with Gasteiger partial charge in [0.2, 0.25) is 0 Å².